The Morgan fingerprint density at radius 2 is 2.22 bits per heavy atom. The first-order chi connectivity index (χ1) is 8.92. The number of benzene rings is 1. The molecule has 1 aliphatic rings. The van der Waals surface area contributed by atoms with Crippen molar-refractivity contribution in [1.29, 1.82) is 0 Å². The molecule has 18 heavy (non-hydrogen) atoms. The third-order valence-electron chi connectivity index (χ3n) is 3.05. The highest BCUT2D eigenvalue weighted by molar-refractivity contribution is 6.17. The van der Waals surface area contributed by atoms with Crippen LogP contribution in [0.2, 0.25) is 0 Å². The largest absolute Gasteiger partial charge is 0.493 e. The summed E-state index contributed by atoms with van der Waals surface area (Å²) >= 11 is 5.52. The molecular weight excluding hydrogens is 250 g/mol. The van der Waals surface area contributed by atoms with Crippen molar-refractivity contribution < 1.29 is 9.47 Å². The van der Waals surface area contributed by atoms with Gasteiger partial charge in [0, 0.05) is 30.5 Å². The van der Waals surface area contributed by atoms with Gasteiger partial charge in [-0.1, -0.05) is 18.2 Å². The van der Waals surface area contributed by atoms with E-state index in [-0.39, 0.29) is 0 Å². The molecule has 2 rings (SSSR count). The zero-order valence-electron chi connectivity index (χ0n) is 10.5. The summed E-state index contributed by atoms with van der Waals surface area (Å²) in [5, 5.41) is 3.45. The highest BCUT2D eigenvalue weighted by Crippen LogP contribution is 2.32. The molecule has 0 bridgehead atoms. The number of hydrogen-bond donors (Lipinski definition) is 1. The van der Waals surface area contributed by atoms with Gasteiger partial charge < -0.3 is 14.8 Å². The Morgan fingerprint density at radius 3 is 3.11 bits per heavy atom. The monoisotopic (exact) mass is 269 g/mol. The van der Waals surface area contributed by atoms with Gasteiger partial charge in [0.25, 0.3) is 0 Å². The molecule has 0 aliphatic carbocycles. The fourth-order valence-electron chi connectivity index (χ4n) is 2.13. The molecular formula is C14H20ClNO2. The van der Waals surface area contributed by atoms with Crippen LogP contribution in [0.4, 0.5) is 0 Å². The van der Waals surface area contributed by atoms with Crippen molar-refractivity contribution in [2.45, 2.75) is 12.3 Å². The first-order valence-corrected chi connectivity index (χ1v) is 7.01. The van der Waals surface area contributed by atoms with E-state index in [1.165, 1.54) is 5.56 Å². The van der Waals surface area contributed by atoms with Crippen LogP contribution < -0.4 is 10.1 Å². The lowest BCUT2D eigenvalue weighted by atomic mass is 10.0. The van der Waals surface area contributed by atoms with E-state index in [2.05, 4.69) is 17.4 Å². The molecule has 3 nitrogen and oxygen atoms in total. The predicted octanol–water partition coefficient (Wildman–Crippen LogP) is 2.40. The Hall–Kier alpha value is -0.770. The van der Waals surface area contributed by atoms with Crippen LogP contribution in [0, 0.1) is 0 Å². The maximum absolute atomic E-state index is 5.64. The summed E-state index contributed by atoms with van der Waals surface area (Å²) in [6.45, 7) is 4.14. The number of halogens is 1. The highest BCUT2D eigenvalue weighted by atomic mass is 35.5. The molecule has 0 saturated carbocycles. The summed E-state index contributed by atoms with van der Waals surface area (Å²) in [6, 6.07) is 8.27. The van der Waals surface area contributed by atoms with Crippen LogP contribution in [-0.4, -0.2) is 38.8 Å². The lowest BCUT2D eigenvalue weighted by Gasteiger charge is -2.10. The van der Waals surface area contributed by atoms with Crippen molar-refractivity contribution in [3.05, 3.63) is 29.8 Å². The minimum absolute atomic E-state index is 0.477. The molecule has 4 heteroatoms. The van der Waals surface area contributed by atoms with E-state index in [4.69, 9.17) is 21.1 Å². The van der Waals surface area contributed by atoms with E-state index in [0.717, 1.165) is 38.5 Å². The number of fused-ring (bicyclic) bond motifs is 1. The molecule has 1 aromatic rings. The van der Waals surface area contributed by atoms with Gasteiger partial charge in [-0.25, -0.2) is 0 Å². The van der Waals surface area contributed by atoms with E-state index in [1.807, 2.05) is 12.1 Å². The van der Waals surface area contributed by atoms with Crippen molar-refractivity contribution in [1.82, 2.24) is 5.32 Å². The molecule has 1 atom stereocenters. The maximum atomic E-state index is 5.64. The second-order valence-corrected chi connectivity index (χ2v) is 4.78. The smallest absolute Gasteiger partial charge is 0.122 e. The average molecular weight is 270 g/mol. The Balaban J connectivity index is 1.61. The minimum Gasteiger partial charge on any atom is -0.493 e. The third-order valence-corrected chi connectivity index (χ3v) is 3.21. The second-order valence-electron chi connectivity index (χ2n) is 4.40. The van der Waals surface area contributed by atoms with E-state index < -0.39 is 0 Å². The van der Waals surface area contributed by atoms with E-state index >= 15 is 0 Å². The fourth-order valence-corrected chi connectivity index (χ4v) is 2.24. The molecule has 1 aromatic carbocycles. The first kappa shape index (κ1) is 13.7. The van der Waals surface area contributed by atoms with Gasteiger partial charge in [0.1, 0.15) is 5.75 Å². The van der Waals surface area contributed by atoms with Crippen molar-refractivity contribution in [3.63, 3.8) is 0 Å². The molecule has 1 aliphatic heterocycles. The van der Waals surface area contributed by atoms with Crippen molar-refractivity contribution in [2.75, 3.05) is 38.8 Å². The third kappa shape index (κ3) is 3.87. The van der Waals surface area contributed by atoms with E-state index in [9.17, 15) is 0 Å². The number of para-hydroxylation sites is 1. The lowest BCUT2D eigenvalue weighted by Crippen LogP contribution is -2.24. The molecule has 100 valence electrons. The van der Waals surface area contributed by atoms with Gasteiger partial charge in [-0.2, -0.15) is 0 Å². The number of hydrogen-bond acceptors (Lipinski definition) is 3. The number of alkyl halides is 1. The van der Waals surface area contributed by atoms with Gasteiger partial charge in [0.15, 0.2) is 0 Å². The predicted molar refractivity (Wildman–Crippen MR) is 73.7 cm³/mol. The first-order valence-electron chi connectivity index (χ1n) is 6.48. The number of ether oxygens (including phenoxy) is 2. The molecule has 0 fully saturated rings. The molecule has 1 N–H and O–H groups in total. The fraction of sp³-hybridized carbons (Fsp3) is 0.571. The zero-order chi connectivity index (χ0) is 12.6. The Bertz CT molecular complexity index is 359. The molecule has 1 unspecified atom stereocenters. The molecule has 0 spiro atoms. The molecule has 0 aromatic heterocycles. The van der Waals surface area contributed by atoms with Gasteiger partial charge in [0.2, 0.25) is 0 Å². The van der Waals surface area contributed by atoms with Gasteiger partial charge in [0.05, 0.1) is 13.2 Å². The summed E-state index contributed by atoms with van der Waals surface area (Å²) < 4.78 is 11.0. The summed E-state index contributed by atoms with van der Waals surface area (Å²) in [4.78, 5) is 0. The van der Waals surface area contributed by atoms with E-state index in [1.54, 1.807) is 0 Å². The average Bonchev–Trinajstić information content (AvgIpc) is 2.81. The number of rotatable bonds is 8. The summed E-state index contributed by atoms with van der Waals surface area (Å²) in [6.07, 6.45) is 1.02. The Morgan fingerprint density at radius 1 is 1.33 bits per heavy atom. The quantitative estimate of drug-likeness (QED) is 0.581. The molecule has 0 saturated heterocycles. The van der Waals surface area contributed by atoms with Crippen molar-refractivity contribution in [3.8, 4) is 5.75 Å². The van der Waals surface area contributed by atoms with Crippen LogP contribution >= 0.6 is 11.6 Å². The van der Waals surface area contributed by atoms with Crippen molar-refractivity contribution in [2.24, 2.45) is 0 Å². The van der Waals surface area contributed by atoms with Crippen LogP contribution in [0.3, 0.4) is 0 Å². The Kier molecular flexibility index (Phi) is 5.78. The lowest BCUT2D eigenvalue weighted by molar-refractivity contribution is 0.146. The van der Waals surface area contributed by atoms with Crippen LogP contribution in [-0.2, 0) is 4.74 Å². The van der Waals surface area contributed by atoms with Gasteiger partial charge in [-0.3, -0.25) is 0 Å². The van der Waals surface area contributed by atoms with E-state index in [0.29, 0.717) is 18.4 Å². The summed E-state index contributed by atoms with van der Waals surface area (Å²) in [5.41, 5.74) is 1.32. The van der Waals surface area contributed by atoms with Crippen molar-refractivity contribution >= 4 is 11.6 Å². The summed E-state index contributed by atoms with van der Waals surface area (Å²) in [5.74, 6) is 2.09. The topological polar surface area (TPSA) is 30.5 Å². The standard InChI is InChI=1S/C14H20ClNO2/c15-6-9-17-8-3-7-16-10-12-11-18-14-5-2-1-4-13(12)14/h1-2,4-5,12,16H,3,6-11H2. The molecule has 0 radical (unpaired) electrons. The van der Waals surface area contributed by atoms with Gasteiger partial charge >= 0.3 is 0 Å². The minimum atomic E-state index is 0.477. The normalized spacial score (nSPS) is 17.5. The van der Waals surface area contributed by atoms with Crippen LogP contribution in [0.5, 0.6) is 5.75 Å². The van der Waals surface area contributed by atoms with Gasteiger partial charge in [-0.15, -0.1) is 11.6 Å². The second kappa shape index (κ2) is 7.62. The Labute approximate surface area is 113 Å². The SMILES string of the molecule is ClCCOCCCNCC1COc2ccccc21. The van der Waals surface area contributed by atoms with Gasteiger partial charge in [-0.05, 0) is 19.0 Å². The summed E-state index contributed by atoms with van der Waals surface area (Å²) in [7, 11) is 0. The van der Waals surface area contributed by atoms with Crippen LogP contribution in [0.15, 0.2) is 24.3 Å². The maximum Gasteiger partial charge on any atom is 0.122 e. The van der Waals surface area contributed by atoms with Crippen LogP contribution in [0.1, 0.15) is 17.9 Å². The molecule has 0 amide bonds. The zero-order valence-corrected chi connectivity index (χ0v) is 11.3. The number of nitrogens with one attached hydrogen (secondary N) is 1. The van der Waals surface area contributed by atoms with Crippen LogP contribution in [0.25, 0.3) is 0 Å². The highest BCUT2D eigenvalue weighted by Gasteiger charge is 2.22. The molecule has 1 heterocycles.